The second-order valence-corrected chi connectivity index (χ2v) is 10.7. The van der Waals surface area contributed by atoms with Crippen LogP contribution in [0.1, 0.15) is 11.1 Å². The summed E-state index contributed by atoms with van der Waals surface area (Å²) in [5.74, 6) is -7.59. The molecule has 4 amide bonds. The van der Waals surface area contributed by atoms with Gasteiger partial charge in [-0.1, -0.05) is 30.3 Å². The van der Waals surface area contributed by atoms with E-state index in [0.29, 0.717) is 12.1 Å². The Bertz CT molecular complexity index is 1740. The number of hydrogen-bond acceptors (Lipinski definition) is 14. The lowest BCUT2D eigenvalue weighted by atomic mass is 10.0. The van der Waals surface area contributed by atoms with E-state index in [0.717, 1.165) is 16.8 Å². The molecule has 1 aliphatic rings. The highest BCUT2D eigenvalue weighted by atomic mass is 16.6. The Morgan fingerprint density at radius 1 is 0.647 bits per heavy atom. The molecule has 19 heteroatoms. The molecule has 0 radical (unpaired) electrons. The van der Waals surface area contributed by atoms with Crippen molar-refractivity contribution in [3.63, 3.8) is 0 Å². The first-order valence-electron chi connectivity index (χ1n) is 15.3. The molecule has 1 unspecified atom stereocenters. The fraction of sp³-hybridized carbons (Fsp3) is 0.312. The van der Waals surface area contributed by atoms with Gasteiger partial charge in [0, 0.05) is 24.4 Å². The zero-order valence-electron chi connectivity index (χ0n) is 27.0. The van der Waals surface area contributed by atoms with Gasteiger partial charge in [-0.15, -0.1) is 0 Å². The van der Waals surface area contributed by atoms with Gasteiger partial charge in [0.05, 0.1) is 18.4 Å². The highest BCUT2D eigenvalue weighted by molar-refractivity contribution is 5.90. The maximum Gasteiger partial charge on any atom is 0.329 e. The van der Waals surface area contributed by atoms with E-state index in [2.05, 4.69) is 36.1 Å². The molecule has 0 saturated carbocycles. The minimum atomic E-state index is -1.34. The highest BCUT2D eigenvalue weighted by Gasteiger charge is 2.25. The van der Waals surface area contributed by atoms with Crippen LogP contribution in [0, 0.1) is 0 Å². The van der Waals surface area contributed by atoms with Crippen molar-refractivity contribution in [1.82, 2.24) is 36.0 Å². The van der Waals surface area contributed by atoms with E-state index in [9.17, 15) is 38.4 Å². The first-order valence-corrected chi connectivity index (χ1v) is 15.3. The van der Waals surface area contributed by atoms with Gasteiger partial charge >= 0.3 is 23.9 Å². The third-order valence-corrected chi connectivity index (χ3v) is 6.75. The lowest BCUT2D eigenvalue weighted by molar-refractivity contribution is -0.154. The second-order valence-electron chi connectivity index (χ2n) is 10.7. The standard InChI is InChI=1S/C32H33N7O12/c40-25-16-49-30(45)12-36-27(42)18-51-32(47)24(38-28(43)19-50-31(46)13-35-26(41)17-48-29(44)11-34-25)9-20-4-6-21(7-5-20)14-39-15-22(10-37-39)23-3-1-2-8-33-23/h1-8,10,15,24H,9,11-14,16-19H2,(H,34,40)(H,35,41)(H,36,42)(H,38,43). The van der Waals surface area contributed by atoms with E-state index < -0.39 is 99.6 Å². The molecule has 4 N–H and O–H groups in total. The smallest absolute Gasteiger partial charge is 0.329 e. The number of carbonyl (C=O) groups is 8. The number of nitrogens with one attached hydrogen (secondary N) is 4. The molecule has 2 aromatic heterocycles. The number of carbonyl (C=O) groups excluding carboxylic acids is 8. The predicted molar refractivity (Wildman–Crippen MR) is 170 cm³/mol. The largest absolute Gasteiger partial charge is 0.454 e. The van der Waals surface area contributed by atoms with Crippen LogP contribution in [0.4, 0.5) is 0 Å². The summed E-state index contributed by atoms with van der Waals surface area (Å²) < 4.78 is 21.0. The summed E-state index contributed by atoms with van der Waals surface area (Å²) in [4.78, 5) is 102. The fourth-order valence-electron chi connectivity index (χ4n) is 4.24. The lowest BCUT2D eigenvalue weighted by Crippen LogP contribution is -2.46. The molecule has 4 rings (SSSR count). The summed E-state index contributed by atoms with van der Waals surface area (Å²) in [5, 5.41) is 13.2. The minimum Gasteiger partial charge on any atom is -0.454 e. The average Bonchev–Trinajstić information content (AvgIpc) is 3.60. The molecule has 1 saturated heterocycles. The molecule has 0 bridgehead atoms. The van der Waals surface area contributed by atoms with Gasteiger partial charge in [-0.05, 0) is 23.3 Å². The van der Waals surface area contributed by atoms with E-state index in [1.54, 1.807) is 41.3 Å². The first-order chi connectivity index (χ1) is 24.5. The van der Waals surface area contributed by atoms with E-state index in [-0.39, 0.29) is 6.42 Å². The van der Waals surface area contributed by atoms with Crippen LogP contribution >= 0.6 is 0 Å². The number of amides is 4. The van der Waals surface area contributed by atoms with Crippen LogP contribution in [0.2, 0.25) is 0 Å². The number of nitrogens with zero attached hydrogens (tertiary/aromatic N) is 3. The Morgan fingerprint density at radius 2 is 1.18 bits per heavy atom. The van der Waals surface area contributed by atoms with Crippen LogP contribution in [0.5, 0.6) is 0 Å². The Labute approximate surface area is 289 Å². The third kappa shape index (κ3) is 13.0. The molecule has 1 aliphatic heterocycles. The van der Waals surface area contributed by atoms with Gasteiger partial charge < -0.3 is 40.2 Å². The summed E-state index contributed by atoms with van der Waals surface area (Å²) >= 11 is 0. The van der Waals surface area contributed by atoms with Crippen LogP contribution in [0.3, 0.4) is 0 Å². The van der Waals surface area contributed by atoms with E-state index in [1.165, 1.54) is 0 Å². The number of pyridine rings is 1. The molecule has 51 heavy (non-hydrogen) atoms. The summed E-state index contributed by atoms with van der Waals surface area (Å²) in [6.45, 7) is -4.84. The second kappa shape index (κ2) is 18.8. The van der Waals surface area contributed by atoms with Crippen molar-refractivity contribution in [2.45, 2.75) is 19.0 Å². The SMILES string of the molecule is O=C1COC(=O)CNC(=O)COC(=O)C(Cc2ccc(Cn3cc(-c4ccccn4)cn3)cc2)NC(=O)COC(=O)CNC(=O)COC(=O)CN1. The molecule has 1 aromatic carbocycles. The van der Waals surface area contributed by atoms with Crippen molar-refractivity contribution in [3.8, 4) is 11.3 Å². The maximum atomic E-state index is 13.0. The molecular formula is C32H33N7O12. The predicted octanol–water partition coefficient (Wildman–Crippen LogP) is -2.44. The van der Waals surface area contributed by atoms with Crippen LogP contribution in [-0.4, -0.2) is 114 Å². The normalized spacial score (nSPS) is 18.0. The molecule has 3 heterocycles. The Hall–Kier alpha value is -6.66. The third-order valence-electron chi connectivity index (χ3n) is 6.75. The quantitative estimate of drug-likeness (QED) is 0.159. The fourth-order valence-corrected chi connectivity index (χ4v) is 4.24. The average molecular weight is 708 g/mol. The van der Waals surface area contributed by atoms with Crippen molar-refractivity contribution in [2.75, 3.05) is 46.1 Å². The summed E-state index contributed by atoms with van der Waals surface area (Å²) in [6, 6.07) is 11.3. The van der Waals surface area contributed by atoms with Gasteiger partial charge in [-0.25, -0.2) is 4.79 Å². The zero-order valence-corrected chi connectivity index (χ0v) is 27.0. The molecule has 1 fully saturated rings. The number of benzene rings is 1. The molecule has 0 aliphatic carbocycles. The number of ether oxygens (including phenoxy) is 4. The topological polar surface area (TPSA) is 252 Å². The Balaban J connectivity index is 1.38. The van der Waals surface area contributed by atoms with Gasteiger partial charge in [-0.3, -0.25) is 43.2 Å². The summed E-state index contributed by atoms with van der Waals surface area (Å²) in [5.41, 5.74) is 3.10. The molecule has 1 atom stereocenters. The molecular weight excluding hydrogens is 674 g/mol. The summed E-state index contributed by atoms with van der Waals surface area (Å²) in [6.07, 6.45) is 5.16. The number of cyclic esters (lactones) is 4. The van der Waals surface area contributed by atoms with Crippen molar-refractivity contribution in [2.24, 2.45) is 0 Å². The number of rotatable bonds is 5. The van der Waals surface area contributed by atoms with Crippen molar-refractivity contribution >= 4 is 47.5 Å². The lowest BCUT2D eigenvalue weighted by Gasteiger charge is -2.18. The molecule has 19 nitrogen and oxygen atoms in total. The van der Waals surface area contributed by atoms with Crippen molar-refractivity contribution < 1.29 is 57.3 Å². The monoisotopic (exact) mass is 707 g/mol. The van der Waals surface area contributed by atoms with Gasteiger partial charge in [-0.2, -0.15) is 5.10 Å². The van der Waals surface area contributed by atoms with Gasteiger partial charge in [0.25, 0.3) is 23.6 Å². The van der Waals surface area contributed by atoms with Gasteiger partial charge in [0.1, 0.15) is 25.7 Å². The van der Waals surface area contributed by atoms with E-state index in [1.807, 2.05) is 24.4 Å². The highest BCUT2D eigenvalue weighted by Crippen LogP contribution is 2.16. The molecule has 0 spiro atoms. The zero-order chi connectivity index (χ0) is 36.6. The van der Waals surface area contributed by atoms with E-state index in [4.69, 9.17) is 14.2 Å². The Kier molecular flexibility index (Phi) is 13.7. The number of esters is 4. The van der Waals surface area contributed by atoms with Gasteiger partial charge in [0.2, 0.25) is 0 Å². The van der Waals surface area contributed by atoms with Crippen molar-refractivity contribution in [1.29, 1.82) is 0 Å². The number of hydrogen-bond donors (Lipinski definition) is 4. The minimum absolute atomic E-state index is 0.0881. The van der Waals surface area contributed by atoms with Crippen LogP contribution < -0.4 is 21.3 Å². The molecule has 268 valence electrons. The first kappa shape index (κ1) is 37.2. The summed E-state index contributed by atoms with van der Waals surface area (Å²) in [7, 11) is 0. The van der Waals surface area contributed by atoms with Gasteiger partial charge in [0.15, 0.2) is 26.4 Å². The van der Waals surface area contributed by atoms with Crippen LogP contribution in [0.25, 0.3) is 11.3 Å². The van der Waals surface area contributed by atoms with Crippen LogP contribution in [-0.2, 0) is 70.3 Å². The maximum absolute atomic E-state index is 13.0. The van der Waals surface area contributed by atoms with Crippen LogP contribution in [0.15, 0.2) is 61.1 Å². The number of aromatic nitrogens is 3. The Morgan fingerprint density at radius 3 is 1.73 bits per heavy atom. The van der Waals surface area contributed by atoms with Crippen molar-refractivity contribution in [3.05, 3.63) is 72.2 Å². The molecule has 3 aromatic rings. The van der Waals surface area contributed by atoms with E-state index >= 15 is 0 Å².